The van der Waals surface area contributed by atoms with Crippen LogP contribution < -0.4 is 15.7 Å². The fourth-order valence-electron chi connectivity index (χ4n) is 2.64. The molecular formula is C19H11F3N6O4. The van der Waals surface area contributed by atoms with Gasteiger partial charge in [-0.1, -0.05) is 36.4 Å². The van der Waals surface area contributed by atoms with Crippen molar-refractivity contribution in [2.75, 3.05) is 5.43 Å². The quantitative estimate of drug-likeness (QED) is 0.336. The Kier molecular flexibility index (Phi) is 6.15. The maximum atomic E-state index is 12.5. The third kappa shape index (κ3) is 5.05. The number of benzene rings is 2. The maximum absolute atomic E-state index is 12.5. The topological polar surface area (TPSA) is 146 Å². The van der Waals surface area contributed by atoms with Gasteiger partial charge in [0.05, 0.1) is 22.4 Å². The van der Waals surface area contributed by atoms with Crippen molar-refractivity contribution in [2.24, 2.45) is 5.10 Å². The minimum Gasteiger partial charge on any atom is -0.398 e. The molecule has 0 spiro atoms. The zero-order valence-electron chi connectivity index (χ0n) is 15.8. The van der Waals surface area contributed by atoms with Crippen molar-refractivity contribution >= 4 is 17.9 Å². The molecule has 0 saturated heterocycles. The first kappa shape index (κ1) is 22.0. The highest BCUT2D eigenvalue weighted by Gasteiger charge is 2.35. The van der Waals surface area contributed by atoms with E-state index in [2.05, 4.69) is 25.2 Å². The van der Waals surface area contributed by atoms with Crippen molar-refractivity contribution in [1.82, 2.24) is 9.97 Å². The monoisotopic (exact) mass is 444 g/mol. The summed E-state index contributed by atoms with van der Waals surface area (Å²) < 4.78 is 41.2. The van der Waals surface area contributed by atoms with Gasteiger partial charge in [-0.3, -0.25) is 19.9 Å². The fraction of sp³-hybridized carbons (Fsp3) is 0.0526. The number of rotatable bonds is 6. The lowest BCUT2D eigenvalue weighted by Gasteiger charge is -2.10. The Bertz CT molecular complexity index is 1280. The molecule has 0 fully saturated rings. The van der Waals surface area contributed by atoms with E-state index in [1.54, 1.807) is 36.4 Å². The molecule has 3 aromatic rings. The number of halogens is 3. The molecule has 0 amide bonds. The molecule has 2 N–H and O–H groups in total. The number of nitriles is 1. The second-order valence-corrected chi connectivity index (χ2v) is 5.98. The number of nitro benzene ring substituents is 1. The highest BCUT2D eigenvalue weighted by atomic mass is 19.4. The first-order chi connectivity index (χ1) is 15.2. The largest absolute Gasteiger partial charge is 0.573 e. The zero-order valence-corrected chi connectivity index (χ0v) is 15.8. The standard InChI is InChI=1S/C19H11F3N6O4/c20-19(21,22)32-14-8-4-7-12(16(14)28(30)31)10-24-27-18-25-15(11-5-2-1-3-6-11)13(9-23)17(29)26-18/h1-8,10H,(H2,25,26,27,29). The Morgan fingerprint density at radius 3 is 2.56 bits per heavy atom. The average Bonchev–Trinajstić information content (AvgIpc) is 2.72. The van der Waals surface area contributed by atoms with Gasteiger partial charge in [0.1, 0.15) is 11.6 Å². The van der Waals surface area contributed by atoms with E-state index in [0.717, 1.165) is 24.4 Å². The first-order valence-electron chi connectivity index (χ1n) is 8.61. The van der Waals surface area contributed by atoms with E-state index >= 15 is 0 Å². The smallest absolute Gasteiger partial charge is 0.398 e. The van der Waals surface area contributed by atoms with Gasteiger partial charge in [-0.15, -0.1) is 13.2 Å². The fourth-order valence-corrected chi connectivity index (χ4v) is 2.64. The van der Waals surface area contributed by atoms with E-state index in [1.165, 1.54) is 0 Å². The third-order valence-electron chi connectivity index (χ3n) is 3.89. The van der Waals surface area contributed by atoms with Crippen molar-refractivity contribution < 1.29 is 22.8 Å². The predicted octanol–water partition coefficient (Wildman–Crippen LogP) is 3.56. The van der Waals surface area contributed by atoms with Crippen LogP contribution in [0.25, 0.3) is 11.3 Å². The number of para-hydroxylation sites is 1. The summed E-state index contributed by atoms with van der Waals surface area (Å²) >= 11 is 0. The number of hydrazone groups is 1. The first-order valence-corrected chi connectivity index (χ1v) is 8.61. The molecule has 10 nitrogen and oxygen atoms in total. The molecule has 0 bridgehead atoms. The molecule has 0 aliphatic carbocycles. The lowest BCUT2D eigenvalue weighted by atomic mass is 10.1. The number of nitro groups is 1. The van der Waals surface area contributed by atoms with Crippen LogP contribution in [0.4, 0.5) is 24.8 Å². The lowest BCUT2D eigenvalue weighted by Crippen LogP contribution is -2.18. The van der Waals surface area contributed by atoms with Crippen molar-refractivity contribution in [2.45, 2.75) is 6.36 Å². The summed E-state index contributed by atoms with van der Waals surface area (Å²) in [4.78, 5) is 28.8. The Labute approximate surface area is 176 Å². The SMILES string of the molecule is N#Cc1c(-c2ccccc2)nc(NN=Cc2cccc(OC(F)(F)F)c2[N+](=O)[O-])[nH]c1=O. The molecule has 0 atom stereocenters. The average molecular weight is 444 g/mol. The summed E-state index contributed by atoms with van der Waals surface area (Å²) in [5.41, 5.74) is 0.633. The number of aromatic amines is 1. The second kappa shape index (κ2) is 8.96. The van der Waals surface area contributed by atoms with Crippen LogP contribution in [0.2, 0.25) is 0 Å². The lowest BCUT2D eigenvalue weighted by molar-refractivity contribution is -0.388. The molecule has 0 unspecified atom stereocenters. The van der Waals surface area contributed by atoms with E-state index < -0.39 is 28.3 Å². The summed E-state index contributed by atoms with van der Waals surface area (Å²) in [6, 6.07) is 13.2. The van der Waals surface area contributed by atoms with E-state index in [1.807, 2.05) is 0 Å². The van der Waals surface area contributed by atoms with Crippen LogP contribution in [0.15, 0.2) is 58.4 Å². The van der Waals surface area contributed by atoms with Crippen molar-refractivity contribution in [3.8, 4) is 23.1 Å². The number of hydrogen-bond acceptors (Lipinski definition) is 8. The summed E-state index contributed by atoms with van der Waals surface area (Å²) in [6.45, 7) is 0. The number of aromatic nitrogens is 2. The molecule has 0 saturated carbocycles. The Hall–Kier alpha value is -4.73. The molecule has 1 aromatic heterocycles. The molecule has 2 aromatic carbocycles. The molecule has 162 valence electrons. The van der Waals surface area contributed by atoms with Gasteiger partial charge < -0.3 is 4.74 Å². The predicted molar refractivity (Wildman–Crippen MR) is 106 cm³/mol. The number of ether oxygens (including phenoxy) is 1. The number of nitrogens with zero attached hydrogens (tertiary/aromatic N) is 4. The Morgan fingerprint density at radius 2 is 1.94 bits per heavy atom. The number of hydrogen-bond donors (Lipinski definition) is 2. The van der Waals surface area contributed by atoms with E-state index in [0.29, 0.717) is 5.56 Å². The van der Waals surface area contributed by atoms with Gasteiger partial charge in [0, 0.05) is 5.56 Å². The van der Waals surface area contributed by atoms with Crippen LogP contribution in [0.5, 0.6) is 5.75 Å². The van der Waals surface area contributed by atoms with Crippen molar-refractivity contribution in [3.05, 3.63) is 80.1 Å². The van der Waals surface area contributed by atoms with Crippen LogP contribution in [-0.2, 0) is 0 Å². The molecular weight excluding hydrogens is 433 g/mol. The van der Waals surface area contributed by atoms with E-state index in [9.17, 15) is 33.3 Å². The number of alkyl halides is 3. The second-order valence-electron chi connectivity index (χ2n) is 5.98. The molecule has 0 radical (unpaired) electrons. The highest BCUT2D eigenvalue weighted by Crippen LogP contribution is 2.34. The summed E-state index contributed by atoms with van der Waals surface area (Å²) in [5, 5.41) is 24.2. The van der Waals surface area contributed by atoms with Gasteiger partial charge in [0.2, 0.25) is 11.7 Å². The minimum absolute atomic E-state index is 0.0705. The molecule has 0 aliphatic rings. The Morgan fingerprint density at radius 1 is 1.22 bits per heavy atom. The van der Waals surface area contributed by atoms with E-state index in [4.69, 9.17) is 0 Å². The van der Waals surface area contributed by atoms with Crippen LogP contribution in [0.3, 0.4) is 0 Å². The molecule has 32 heavy (non-hydrogen) atoms. The van der Waals surface area contributed by atoms with Crippen LogP contribution in [-0.4, -0.2) is 27.5 Å². The van der Waals surface area contributed by atoms with E-state index in [-0.39, 0.29) is 22.8 Å². The highest BCUT2D eigenvalue weighted by molar-refractivity contribution is 5.87. The van der Waals surface area contributed by atoms with Crippen LogP contribution in [0.1, 0.15) is 11.1 Å². The maximum Gasteiger partial charge on any atom is 0.573 e. The van der Waals surface area contributed by atoms with Gasteiger partial charge in [-0.25, -0.2) is 10.4 Å². The van der Waals surface area contributed by atoms with Crippen molar-refractivity contribution in [1.29, 1.82) is 5.26 Å². The van der Waals surface area contributed by atoms with Crippen LogP contribution >= 0.6 is 0 Å². The number of nitrogens with one attached hydrogen (secondary N) is 2. The van der Waals surface area contributed by atoms with Crippen LogP contribution in [0, 0.1) is 21.4 Å². The van der Waals surface area contributed by atoms with Gasteiger partial charge in [-0.2, -0.15) is 10.4 Å². The van der Waals surface area contributed by atoms with Gasteiger partial charge >= 0.3 is 12.0 Å². The molecule has 1 heterocycles. The molecule has 0 aliphatic heterocycles. The summed E-state index contributed by atoms with van der Waals surface area (Å²) in [5.74, 6) is -1.21. The van der Waals surface area contributed by atoms with Crippen molar-refractivity contribution in [3.63, 3.8) is 0 Å². The van der Waals surface area contributed by atoms with Gasteiger partial charge in [-0.05, 0) is 12.1 Å². The van der Waals surface area contributed by atoms with Gasteiger partial charge in [0.15, 0.2) is 0 Å². The molecule has 13 heteroatoms. The Balaban J connectivity index is 1.94. The number of anilines is 1. The summed E-state index contributed by atoms with van der Waals surface area (Å²) in [6.07, 6.45) is -4.26. The number of H-pyrrole nitrogens is 1. The third-order valence-corrected chi connectivity index (χ3v) is 3.89. The zero-order chi connectivity index (χ0) is 23.3. The minimum atomic E-state index is -5.13. The molecule has 3 rings (SSSR count). The van der Waals surface area contributed by atoms with Gasteiger partial charge in [0.25, 0.3) is 5.56 Å². The normalized spacial score (nSPS) is 11.2. The summed E-state index contributed by atoms with van der Waals surface area (Å²) in [7, 11) is 0.